The van der Waals surface area contributed by atoms with E-state index in [0.29, 0.717) is 12.1 Å². The van der Waals surface area contributed by atoms with Gasteiger partial charge in [-0.05, 0) is 31.5 Å². The normalized spacial score (nSPS) is 12.7. The predicted molar refractivity (Wildman–Crippen MR) is 65.9 cm³/mol. The second-order valence-electron chi connectivity index (χ2n) is 4.38. The van der Waals surface area contributed by atoms with Crippen LogP contribution in [0.15, 0.2) is 24.4 Å². The number of H-pyrrole nitrogens is 1. The summed E-state index contributed by atoms with van der Waals surface area (Å²) in [6.07, 6.45) is 2.99. The number of benzene rings is 1. The summed E-state index contributed by atoms with van der Waals surface area (Å²) in [5.41, 5.74) is 6.32. The molecule has 2 aromatic rings. The summed E-state index contributed by atoms with van der Waals surface area (Å²) >= 11 is 0. The Morgan fingerprint density at radius 3 is 2.89 bits per heavy atom. The van der Waals surface area contributed by atoms with E-state index < -0.39 is 11.6 Å². The Bertz CT molecular complexity index is 535. The first kappa shape index (κ1) is 12.7. The molecule has 96 valence electrons. The van der Waals surface area contributed by atoms with Gasteiger partial charge < -0.3 is 10.7 Å². The highest BCUT2D eigenvalue weighted by atomic mass is 19.1. The van der Waals surface area contributed by atoms with Crippen molar-refractivity contribution in [1.82, 2.24) is 9.97 Å². The third kappa shape index (κ3) is 2.92. The molecule has 0 saturated heterocycles. The Hall–Kier alpha value is -1.75. The molecule has 0 aliphatic rings. The van der Waals surface area contributed by atoms with Gasteiger partial charge in [-0.2, -0.15) is 0 Å². The largest absolute Gasteiger partial charge is 0.342 e. The number of hydrogen-bond donors (Lipinski definition) is 2. The minimum absolute atomic E-state index is 0.0875. The van der Waals surface area contributed by atoms with Gasteiger partial charge in [-0.15, -0.1) is 0 Å². The molecule has 1 aromatic carbocycles. The fourth-order valence-electron chi connectivity index (χ4n) is 1.69. The highest BCUT2D eigenvalue weighted by Gasteiger charge is 2.10. The summed E-state index contributed by atoms with van der Waals surface area (Å²) in [4.78, 5) is 7.11. The van der Waals surface area contributed by atoms with Gasteiger partial charge in [-0.3, -0.25) is 0 Å². The molecule has 0 radical (unpaired) electrons. The molecule has 0 aliphatic heterocycles. The molecule has 1 heterocycles. The Kier molecular flexibility index (Phi) is 3.72. The van der Waals surface area contributed by atoms with Crippen LogP contribution in [0.1, 0.15) is 19.2 Å². The van der Waals surface area contributed by atoms with Gasteiger partial charge in [0.1, 0.15) is 17.5 Å². The van der Waals surface area contributed by atoms with Crippen molar-refractivity contribution in [1.29, 1.82) is 0 Å². The number of aryl methyl sites for hydroxylation is 1. The minimum atomic E-state index is -0.474. The Balaban J connectivity index is 2.21. The minimum Gasteiger partial charge on any atom is -0.342 e. The Morgan fingerprint density at radius 1 is 1.39 bits per heavy atom. The smallest absolute Gasteiger partial charge is 0.132 e. The molecule has 1 atom stereocenters. The molecule has 3 N–H and O–H groups in total. The van der Waals surface area contributed by atoms with Crippen LogP contribution in [0.5, 0.6) is 0 Å². The number of nitrogens with zero attached hydrogens (tertiary/aromatic N) is 1. The molecule has 5 heteroatoms. The maximum Gasteiger partial charge on any atom is 0.132 e. The molecule has 3 nitrogen and oxygen atoms in total. The van der Waals surface area contributed by atoms with Gasteiger partial charge in [0.25, 0.3) is 0 Å². The number of halogens is 2. The molecular weight excluding hydrogens is 236 g/mol. The summed E-state index contributed by atoms with van der Waals surface area (Å²) < 4.78 is 26.6. The van der Waals surface area contributed by atoms with E-state index in [1.807, 2.05) is 6.92 Å². The molecule has 0 aliphatic carbocycles. The summed E-state index contributed by atoms with van der Waals surface area (Å²) in [5.74, 6) is -0.220. The van der Waals surface area contributed by atoms with E-state index in [2.05, 4.69) is 9.97 Å². The number of aromatic nitrogens is 2. The summed E-state index contributed by atoms with van der Waals surface area (Å²) in [6.45, 7) is 1.91. The lowest BCUT2D eigenvalue weighted by molar-refractivity contribution is 0.602. The second-order valence-corrected chi connectivity index (χ2v) is 4.38. The molecule has 0 saturated carbocycles. The van der Waals surface area contributed by atoms with E-state index >= 15 is 0 Å². The van der Waals surface area contributed by atoms with Crippen molar-refractivity contribution in [3.63, 3.8) is 0 Å². The Morgan fingerprint density at radius 2 is 2.17 bits per heavy atom. The SMILES string of the molecule is CC(N)CCc1ncc(-c2cc(F)ccc2F)[nH]1. The van der Waals surface area contributed by atoms with Crippen LogP contribution in [0.3, 0.4) is 0 Å². The van der Waals surface area contributed by atoms with E-state index in [9.17, 15) is 8.78 Å². The molecule has 0 fully saturated rings. The summed E-state index contributed by atoms with van der Waals surface area (Å²) in [5, 5.41) is 0. The van der Waals surface area contributed by atoms with Crippen molar-refractivity contribution < 1.29 is 8.78 Å². The first-order chi connectivity index (χ1) is 8.56. The Labute approximate surface area is 104 Å². The van der Waals surface area contributed by atoms with Crippen LogP contribution in [-0.4, -0.2) is 16.0 Å². The topological polar surface area (TPSA) is 54.7 Å². The molecular formula is C13H15F2N3. The number of aromatic amines is 1. The second kappa shape index (κ2) is 5.27. The van der Waals surface area contributed by atoms with Crippen LogP contribution in [0, 0.1) is 11.6 Å². The number of rotatable bonds is 4. The maximum atomic E-state index is 13.5. The van der Waals surface area contributed by atoms with Gasteiger partial charge in [0.2, 0.25) is 0 Å². The van der Waals surface area contributed by atoms with Gasteiger partial charge in [-0.25, -0.2) is 13.8 Å². The van der Waals surface area contributed by atoms with Gasteiger partial charge in [0, 0.05) is 18.0 Å². The standard InChI is InChI=1S/C13H15F2N3/c1-8(16)2-5-13-17-7-12(18-13)10-6-9(14)3-4-11(10)15/h3-4,6-8H,2,5,16H2,1H3,(H,17,18). The van der Waals surface area contributed by atoms with Crippen molar-refractivity contribution in [2.24, 2.45) is 5.73 Å². The lowest BCUT2D eigenvalue weighted by atomic mass is 10.1. The van der Waals surface area contributed by atoms with Gasteiger partial charge in [0.15, 0.2) is 0 Å². The monoisotopic (exact) mass is 251 g/mol. The molecule has 0 spiro atoms. The van der Waals surface area contributed by atoms with Crippen molar-refractivity contribution in [3.05, 3.63) is 41.9 Å². The number of nitrogens with one attached hydrogen (secondary N) is 1. The number of hydrogen-bond acceptors (Lipinski definition) is 2. The van der Waals surface area contributed by atoms with Crippen molar-refractivity contribution in [2.45, 2.75) is 25.8 Å². The molecule has 18 heavy (non-hydrogen) atoms. The summed E-state index contributed by atoms with van der Waals surface area (Å²) in [6, 6.07) is 3.43. The van der Waals surface area contributed by atoms with Crippen LogP contribution >= 0.6 is 0 Å². The maximum absolute atomic E-state index is 13.5. The molecule has 0 amide bonds. The zero-order valence-electron chi connectivity index (χ0n) is 10.1. The van der Waals surface area contributed by atoms with E-state index in [1.54, 1.807) is 0 Å². The van der Waals surface area contributed by atoms with E-state index in [1.165, 1.54) is 6.20 Å². The fourth-order valence-corrected chi connectivity index (χ4v) is 1.69. The van der Waals surface area contributed by atoms with E-state index in [0.717, 1.165) is 30.4 Å². The van der Waals surface area contributed by atoms with Crippen LogP contribution in [0.2, 0.25) is 0 Å². The lowest BCUT2D eigenvalue weighted by Gasteiger charge is -2.02. The number of nitrogens with two attached hydrogens (primary N) is 1. The molecule has 1 unspecified atom stereocenters. The van der Waals surface area contributed by atoms with E-state index in [4.69, 9.17) is 5.73 Å². The van der Waals surface area contributed by atoms with Gasteiger partial charge in [0.05, 0.1) is 11.9 Å². The van der Waals surface area contributed by atoms with Crippen molar-refractivity contribution >= 4 is 0 Å². The van der Waals surface area contributed by atoms with Crippen molar-refractivity contribution in [2.75, 3.05) is 0 Å². The molecule has 2 rings (SSSR count). The predicted octanol–water partition coefficient (Wildman–Crippen LogP) is 2.63. The third-order valence-corrected chi connectivity index (χ3v) is 2.68. The quantitative estimate of drug-likeness (QED) is 0.877. The average Bonchev–Trinajstić information content (AvgIpc) is 2.78. The number of imidazole rings is 1. The van der Waals surface area contributed by atoms with Gasteiger partial charge in [-0.1, -0.05) is 0 Å². The van der Waals surface area contributed by atoms with Crippen LogP contribution < -0.4 is 5.73 Å². The third-order valence-electron chi connectivity index (χ3n) is 2.68. The van der Waals surface area contributed by atoms with Gasteiger partial charge >= 0.3 is 0 Å². The zero-order chi connectivity index (χ0) is 13.1. The van der Waals surface area contributed by atoms with Crippen molar-refractivity contribution in [3.8, 4) is 11.3 Å². The first-order valence-electron chi connectivity index (χ1n) is 5.81. The summed E-state index contributed by atoms with van der Waals surface area (Å²) in [7, 11) is 0. The van der Waals surface area contributed by atoms with E-state index in [-0.39, 0.29) is 11.6 Å². The molecule has 0 bridgehead atoms. The highest BCUT2D eigenvalue weighted by molar-refractivity contribution is 5.59. The lowest BCUT2D eigenvalue weighted by Crippen LogP contribution is -2.15. The average molecular weight is 251 g/mol. The van der Waals surface area contributed by atoms with Crippen LogP contribution in [0.25, 0.3) is 11.3 Å². The zero-order valence-corrected chi connectivity index (χ0v) is 10.1. The molecule has 1 aromatic heterocycles. The highest BCUT2D eigenvalue weighted by Crippen LogP contribution is 2.22. The van der Waals surface area contributed by atoms with Crippen LogP contribution in [0.4, 0.5) is 8.78 Å². The first-order valence-corrected chi connectivity index (χ1v) is 5.81. The van der Waals surface area contributed by atoms with Crippen LogP contribution in [-0.2, 0) is 6.42 Å². The fraction of sp³-hybridized carbons (Fsp3) is 0.308.